The fourth-order valence-corrected chi connectivity index (χ4v) is 2.84. The molecule has 7 nitrogen and oxygen atoms in total. The minimum atomic E-state index is -0.450. The minimum absolute atomic E-state index is 0. The Morgan fingerprint density at radius 3 is 2.86 bits per heavy atom. The van der Waals surface area contributed by atoms with Crippen LogP contribution in [-0.2, 0) is 11.3 Å². The summed E-state index contributed by atoms with van der Waals surface area (Å²) >= 11 is 0. The van der Waals surface area contributed by atoms with E-state index in [1.54, 1.807) is 30.5 Å². The van der Waals surface area contributed by atoms with E-state index in [0.29, 0.717) is 23.8 Å². The maximum absolute atomic E-state index is 14.2. The number of nitrogens with two attached hydrogens (primary N) is 1. The average molecular weight is 515 g/mol. The lowest BCUT2D eigenvalue weighted by molar-refractivity contribution is 0.0376. The molecule has 1 aliphatic heterocycles. The molecule has 1 aliphatic rings. The van der Waals surface area contributed by atoms with Gasteiger partial charge in [0.05, 0.1) is 26.0 Å². The van der Waals surface area contributed by atoms with Gasteiger partial charge >= 0.3 is 0 Å². The van der Waals surface area contributed by atoms with Gasteiger partial charge in [0.2, 0.25) is 0 Å². The molecule has 0 saturated carbocycles. The number of hydrogen-bond acceptors (Lipinski definition) is 5. The largest absolute Gasteiger partial charge is 0.453 e. The molecule has 158 valence electrons. The van der Waals surface area contributed by atoms with Crippen LogP contribution in [0.15, 0.2) is 47.7 Å². The number of benzene rings is 1. The number of nitrogens with one attached hydrogen (secondary N) is 1. The maximum Gasteiger partial charge on any atom is 0.188 e. The summed E-state index contributed by atoms with van der Waals surface area (Å²) in [5.74, 6) is 0.541. The van der Waals surface area contributed by atoms with E-state index >= 15 is 0 Å². The Balaban J connectivity index is 0.00000300. The zero-order valence-corrected chi connectivity index (χ0v) is 18.6. The Morgan fingerprint density at radius 1 is 1.31 bits per heavy atom. The van der Waals surface area contributed by atoms with Crippen molar-refractivity contribution in [2.45, 2.75) is 13.0 Å². The molecule has 0 amide bonds. The summed E-state index contributed by atoms with van der Waals surface area (Å²) in [5.41, 5.74) is 6.61. The van der Waals surface area contributed by atoms with Crippen molar-refractivity contribution in [1.82, 2.24) is 15.2 Å². The van der Waals surface area contributed by atoms with Gasteiger partial charge in [-0.1, -0.05) is 6.07 Å². The lowest BCUT2D eigenvalue weighted by Crippen LogP contribution is -2.39. The van der Waals surface area contributed by atoms with E-state index in [4.69, 9.17) is 15.2 Å². The van der Waals surface area contributed by atoms with Crippen molar-refractivity contribution >= 4 is 29.9 Å². The van der Waals surface area contributed by atoms with Gasteiger partial charge in [-0.25, -0.2) is 9.38 Å². The van der Waals surface area contributed by atoms with E-state index in [1.807, 2.05) is 0 Å². The molecule has 2 aromatic rings. The third kappa shape index (κ3) is 8.11. The quantitative estimate of drug-likeness (QED) is 0.244. The van der Waals surface area contributed by atoms with E-state index in [9.17, 15) is 4.39 Å². The van der Waals surface area contributed by atoms with Gasteiger partial charge in [0, 0.05) is 25.8 Å². The fraction of sp³-hybridized carbons (Fsp3) is 0.400. The van der Waals surface area contributed by atoms with E-state index in [-0.39, 0.29) is 29.7 Å². The van der Waals surface area contributed by atoms with Gasteiger partial charge in [-0.05, 0) is 42.8 Å². The van der Waals surface area contributed by atoms with Crippen LogP contribution in [-0.4, -0.2) is 55.2 Å². The number of guanidine groups is 1. The highest BCUT2D eigenvalue weighted by atomic mass is 127. The first-order valence-corrected chi connectivity index (χ1v) is 9.41. The number of rotatable bonds is 8. The van der Waals surface area contributed by atoms with E-state index in [1.165, 1.54) is 12.3 Å². The second-order valence-electron chi connectivity index (χ2n) is 6.49. The number of hydrogen-bond donors (Lipinski definition) is 2. The van der Waals surface area contributed by atoms with Gasteiger partial charge < -0.3 is 20.5 Å². The van der Waals surface area contributed by atoms with Crippen molar-refractivity contribution in [3.63, 3.8) is 0 Å². The predicted molar refractivity (Wildman–Crippen MR) is 121 cm³/mol. The number of ether oxygens (including phenoxy) is 2. The number of morpholine rings is 1. The van der Waals surface area contributed by atoms with Crippen LogP contribution in [0.4, 0.5) is 4.39 Å². The Hall–Kier alpha value is -1.98. The highest BCUT2D eigenvalue weighted by molar-refractivity contribution is 14.0. The van der Waals surface area contributed by atoms with Crippen LogP contribution < -0.4 is 15.8 Å². The Kier molecular flexibility index (Phi) is 10.1. The molecule has 3 N–H and O–H groups in total. The first-order chi connectivity index (χ1) is 13.7. The summed E-state index contributed by atoms with van der Waals surface area (Å²) in [4.78, 5) is 10.6. The second-order valence-corrected chi connectivity index (χ2v) is 6.49. The maximum atomic E-state index is 14.2. The predicted octanol–water partition coefficient (Wildman–Crippen LogP) is 2.76. The molecule has 1 aromatic heterocycles. The molecular formula is C20H27FIN5O2. The van der Waals surface area contributed by atoms with Gasteiger partial charge in [0.25, 0.3) is 0 Å². The van der Waals surface area contributed by atoms with E-state index in [0.717, 1.165) is 45.8 Å². The number of halogens is 2. The summed E-state index contributed by atoms with van der Waals surface area (Å²) in [6.45, 7) is 5.63. The molecule has 0 radical (unpaired) electrons. The van der Waals surface area contributed by atoms with Gasteiger partial charge in [-0.2, -0.15) is 0 Å². The fourth-order valence-electron chi connectivity index (χ4n) is 2.84. The van der Waals surface area contributed by atoms with Crippen molar-refractivity contribution in [2.75, 3.05) is 39.4 Å². The van der Waals surface area contributed by atoms with Crippen molar-refractivity contribution < 1.29 is 13.9 Å². The Bertz CT molecular complexity index is 773. The van der Waals surface area contributed by atoms with Gasteiger partial charge in [0.1, 0.15) is 5.75 Å². The molecule has 1 saturated heterocycles. The molecule has 0 aliphatic carbocycles. The first kappa shape index (κ1) is 23.3. The molecule has 1 fully saturated rings. The van der Waals surface area contributed by atoms with Crippen molar-refractivity contribution in [2.24, 2.45) is 10.7 Å². The molecule has 1 aromatic carbocycles. The number of aromatic nitrogens is 1. The van der Waals surface area contributed by atoms with E-state index < -0.39 is 5.82 Å². The van der Waals surface area contributed by atoms with Crippen LogP contribution >= 0.6 is 24.0 Å². The normalized spacial score (nSPS) is 14.9. The van der Waals surface area contributed by atoms with Crippen LogP contribution in [0.3, 0.4) is 0 Å². The van der Waals surface area contributed by atoms with Crippen LogP contribution in [0.1, 0.15) is 12.0 Å². The smallest absolute Gasteiger partial charge is 0.188 e. The molecule has 0 unspecified atom stereocenters. The van der Waals surface area contributed by atoms with Crippen LogP contribution in [0.25, 0.3) is 0 Å². The molecular weight excluding hydrogens is 488 g/mol. The zero-order valence-electron chi connectivity index (χ0n) is 16.2. The van der Waals surface area contributed by atoms with Crippen molar-refractivity contribution in [1.29, 1.82) is 0 Å². The molecule has 0 bridgehead atoms. The molecule has 3 rings (SSSR count). The zero-order chi connectivity index (χ0) is 19.6. The molecule has 0 spiro atoms. The third-order valence-electron chi connectivity index (χ3n) is 4.35. The third-order valence-corrected chi connectivity index (χ3v) is 4.35. The highest BCUT2D eigenvalue weighted by Gasteiger charge is 2.09. The second kappa shape index (κ2) is 12.6. The standard InChI is InChI=1S/C20H26FN5O2.HI/c21-18-13-16(4-5-19(18)28-17-3-1-6-23-15-17)14-25-20(22)24-7-2-8-26-9-11-27-12-10-26;/h1,3-6,13,15H,2,7-12,14H2,(H3,22,24,25);1H. The molecule has 29 heavy (non-hydrogen) atoms. The Labute approximate surface area is 187 Å². The minimum Gasteiger partial charge on any atom is -0.453 e. The van der Waals surface area contributed by atoms with Crippen LogP contribution in [0, 0.1) is 5.82 Å². The Morgan fingerprint density at radius 2 is 2.14 bits per heavy atom. The topological polar surface area (TPSA) is 85.0 Å². The lowest BCUT2D eigenvalue weighted by Gasteiger charge is -2.26. The summed E-state index contributed by atoms with van der Waals surface area (Å²) in [6.07, 6.45) is 4.14. The van der Waals surface area contributed by atoms with Crippen LogP contribution in [0.5, 0.6) is 11.5 Å². The van der Waals surface area contributed by atoms with Gasteiger partial charge in [-0.15, -0.1) is 24.0 Å². The summed E-state index contributed by atoms with van der Waals surface area (Å²) in [5, 5.41) is 3.10. The molecule has 0 atom stereocenters. The van der Waals surface area contributed by atoms with E-state index in [2.05, 4.69) is 20.2 Å². The number of aliphatic imine (C=N–C) groups is 1. The summed E-state index contributed by atoms with van der Waals surface area (Å²) in [6, 6.07) is 8.20. The van der Waals surface area contributed by atoms with Crippen molar-refractivity contribution in [3.05, 3.63) is 54.1 Å². The lowest BCUT2D eigenvalue weighted by atomic mass is 10.2. The van der Waals surface area contributed by atoms with Gasteiger partial charge in [-0.3, -0.25) is 9.88 Å². The average Bonchev–Trinajstić information content (AvgIpc) is 2.73. The van der Waals surface area contributed by atoms with Crippen molar-refractivity contribution in [3.8, 4) is 11.5 Å². The monoisotopic (exact) mass is 515 g/mol. The molecule has 9 heteroatoms. The molecule has 2 heterocycles. The first-order valence-electron chi connectivity index (χ1n) is 9.41. The van der Waals surface area contributed by atoms with Gasteiger partial charge in [0.15, 0.2) is 17.5 Å². The summed E-state index contributed by atoms with van der Waals surface area (Å²) in [7, 11) is 0. The van der Waals surface area contributed by atoms with Crippen LogP contribution in [0.2, 0.25) is 0 Å². The number of pyridine rings is 1. The highest BCUT2D eigenvalue weighted by Crippen LogP contribution is 2.24. The summed E-state index contributed by atoms with van der Waals surface area (Å²) < 4.78 is 25.0. The SMILES string of the molecule is I.NC(=NCc1ccc(Oc2cccnc2)c(F)c1)NCCCN1CCOCC1. The number of nitrogens with zero attached hydrogens (tertiary/aromatic N) is 3.